The summed E-state index contributed by atoms with van der Waals surface area (Å²) in [4.78, 5) is 21.8. The van der Waals surface area contributed by atoms with Crippen LogP contribution in [-0.4, -0.2) is 32.0 Å². The van der Waals surface area contributed by atoms with Crippen molar-refractivity contribution in [3.63, 3.8) is 0 Å². The Morgan fingerprint density at radius 3 is 2.83 bits per heavy atom. The molecule has 1 heterocycles. The maximum Gasteiger partial charge on any atom is 0.337 e. The number of nitrogens with zero attached hydrogens (tertiary/aromatic N) is 3. The van der Waals surface area contributed by atoms with Crippen molar-refractivity contribution in [2.75, 3.05) is 0 Å². The van der Waals surface area contributed by atoms with E-state index in [9.17, 15) is 9.59 Å². The third-order valence-electron chi connectivity index (χ3n) is 2.56. The minimum atomic E-state index is -1.03. The Morgan fingerprint density at radius 2 is 2.17 bits per heavy atom. The molecule has 94 valence electrons. The number of nitrogens with two attached hydrogens (primary N) is 1. The molecule has 2 rings (SSSR count). The van der Waals surface area contributed by atoms with E-state index in [0.717, 1.165) is 0 Å². The average Bonchev–Trinajstić information content (AvgIpc) is 2.72. The first-order valence-corrected chi connectivity index (χ1v) is 5.43. The maximum absolute atomic E-state index is 11.1. The number of carbonyl (C=O) groups excluding carboxylic acids is 1. The van der Waals surface area contributed by atoms with E-state index in [4.69, 9.17) is 10.8 Å². The Hall–Kier alpha value is -2.44. The molecule has 0 aliphatic carbocycles. The van der Waals surface area contributed by atoms with Crippen molar-refractivity contribution in [1.82, 2.24) is 15.0 Å². The number of aryl methyl sites for hydroxylation is 1. The Kier molecular flexibility index (Phi) is 3.22. The quantitative estimate of drug-likeness (QED) is 0.795. The van der Waals surface area contributed by atoms with Gasteiger partial charge in [0, 0.05) is 13.0 Å². The molecule has 0 atom stereocenters. The highest BCUT2D eigenvalue weighted by Gasteiger charge is 2.14. The van der Waals surface area contributed by atoms with Crippen LogP contribution in [0.1, 0.15) is 23.2 Å². The molecule has 0 aliphatic rings. The average molecular weight is 248 g/mol. The van der Waals surface area contributed by atoms with Crippen LogP contribution in [0.3, 0.4) is 0 Å². The third kappa shape index (κ3) is 2.29. The molecular formula is C11H12N4O3. The lowest BCUT2D eigenvalue weighted by molar-refractivity contribution is -0.118. The van der Waals surface area contributed by atoms with Crippen LogP contribution in [0.5, 0.6) is 0 Å². The van der Waals surface area contributed by atoms with Gasteiger partial charge in [0.1, 0.15) is 11.0 Å². The highest BCUT2D eigenvalue weighted by atomic mass is 16.4. The first-order valence-electron chi connectivity index (χ1n) is 5.43. The molecule has 0 saturated carbocycles. The molecule has 0 saturated heterocycles. The topological polar surface area (TPSA) is 111 Å². The molecule has 3 N–H and O–H groups in total. The van der Waals surface area contributed by atoms with Crippen molar-refractivity contribution in [3.8, 4) is 0 Å². The van der Waals surface area contributed by atoms with Gasteiger partial charge >= 0.3 is 5.97 Å². The Balaban J connectivity index is 2.33. The largest absolute Gasteiger partial charge is 0.478 e. The van der Waals surface area contributed by atoms with Crippen LogP contribution in [0.2, 0.25) is 0 Å². The van der Waals surface area contributed by atoms with Gasteiger partial charge in [-0.1, -0.05) is 11.3 Å². The fraction of sp³-hybridized carbons (Fsp3) is 0.273. The minimum absolute atomic E-state index is 0.150. The van der Waals surface area contributed by atoms with Gasteiger partial charge in [0.2, 0.25) is 5.91 Å². The summed E-state index contributed by atoms with van der Waals surface area (Å²) in [5.74, 6) is -1.42. The van der Waals surface area contributed by atoms with Crippen LogP contribution in [-0.2, 0) is 11.3 Å². The molecule has 0 radical (unpaired) electrons. The van der Waals surface area contributed by atoms with Gasteiger partial charge < -0.3 is 10.8 Å². The highest BCUT2D eigenvalue weighted by Crippen LogP contribution is 2.17. The van der Waals surface area contributed by atoms with Crippen molar-refractivity contribution in [1.29, 1.82) is 0 Å². The summed E-state index contributed by atoms with van der Waals surface area (Å²) in [6.07, 6.45) is 0.734. The van der Waals surface area contributed by atoms with Crippen molar-refractivity contribution in [3.05, 3.63) is 23.8 Å². The van der Waals surface area contributed by atoms with E-state index in [-0.39, 0.29) is 12.0 Å². The van der Waals surface area contributed by atoms with Crippen LogP contribution in [0.15, 0.2) is 18.2 Å². The number of carboxylic acid groups (broad SMARTS) is 1. The number of rotatable bonds is 5. The summed E-state index contributed by atoms with van der Waals surface area (Å²) < 4.78 is 1.49. The molecule has 1 amide bonds. The van der Waals surface area contributed by atoms with Gasteiger partial charge in [-0.25, -0.2) is 9.48 Å². The molecular weight excluding hydrogens is 236 g/mol. The van der Waals surface area contributed by atoms with Crippen LogP contribution < -0.4 is 5.73 Å². The summed E-state index contributed by atoms with van der Waals surface area (Å²) in [5.41, 5.74) is 6.18. The number of carbonyl (C=O) groups is 2. The van der Waals surface area contributed by atoms with E-state index in [2.05, 4.69) is 10.3 Å². The fourth-order valence-corrected chi connectivity index (χ4v) is 1.76. The second kappa shape index (κ2) is 4.82. The predicted octanol–water partition coefficient (Wildman–Crippen LogP) is 0.395. The van der Waals surface area contributed by atoms with E-state index >= 15 is 0 Å². The molecule has 7 heteroatoms. The normalized spacial score (nSPS) is 10.7. The lowest BCUT2D eigenvalue weighted by Gasteiger charge is -2.03. The number of amides is 1. The lowest BCUT2D eigenvalue weighted by Crippen LogP contribution is -2.12. The van der Waals surface area contributed by atoms with Gasteiger partial charge in [-0.2, -0.15) is 0 Å². The number of fused-ring (bicyclic) bond motifs is 1. The minimum Gasteiger partial charge on any atom is -0.478 e. The lowest BCUT2D eigenvalue weighted by atomic mass is 10.2. The van der Waals surface area contributed by atoms with Crippen LogP contribution >= 0.6 is 0 Å². The molecule has 0 spiro atoms. The summed E-state index contributed by atoms with van der Waals surface area (Å²) in [6, 6.07) is 4.81. The van der Waals surface area contributed by atoms with Crippen LogP contribution in [0.25, 0.3) is 11.0 Å². The zero-order valence-electron chi connectivity index (χ0n) is 9.54. The molecule has 0 unspecified atom stereocenters. The Labute approximate surface area is 102 Å². The molecule has 18 heavy (non-hydrogen) atoms. The zero-order chi connectivity index (χ0) is 13.1. The fourth-order valence-electron chi connectivity index (χ4n) is 1.76. The number of hydrogen-bond acceptors (Lipinski definition) is 4. The summed E-state index contributed by atoms with van der Waals surface area (Å²) >= 11 is 0. The summed E-state index contributed by atoms with van der Waals surface area (Å²) in [7, 11) is 0. The number of hydrogen-bond donors (Lipinski definition) is 2. The number of benzene rings is 1. The molecule has 0 bridgehead atoms. The Morgan fingerprint density at radius 1 is 1.39 bits per heavy atom. The second-order valence-corrected chi connectivity index (χ2v) is 3.86. The predicted molar refractivity (Wildman–Crippen MR) is 62.9 cm³/mol. The summed E-state index contributed by atoms with van der Waals surface area (Å²) in [6.45, 7) is 0.406. The summed E-state index contributed by atoms with van der Waals surface area (Å²) in [5, 5.41) is 16.9. The molecule has 7 nitrogen and oxygen atoms in total. The van der Waals surface area contributed by atoms with Gasteiger partial charge in [-0.05, 0) is 18.6 Å². The monoisotopic (exact) mass is 248 g/mol. The van der Waals surface area contributed by atoms with Crippen LogP contribution in [0.4, 0.5) is 0 Å². The van der Waals surface area contributed by atoms with Crippen molar-refractivity contribution >= 4 is 22.9 Å². The molecule has 1 aromatic heterocycles. The second-order valence-electron chi connectivity index (χ2n) is 3.86. The number of primary amides is 1. The van der Waals surface area contributed by atoms with Crippen molar-refractivity contribution in [2.24, 2.45) is 5.73 Å². The van der Waals surface area contributed by atoms with E-state index < -0.39 is 11.9 Å². The van der Waals surface area contributed by atoms with E-state index in [0.29, 0.717) is 24.0 Å². The third-order valence-corrected chi connectivity index (χ3v) is 2.56. The number of para-hydroxylation sites is 1. The van der Waals surface area contributed by atoms with Gasteiger partial charge in [0.25, 0.3) is 0 Å². The molecule has 2 aromatic rings. The SMILES string of the molecule is NC(=O)CCCn1nnc2cccc(C(=O)O)c21. The molecule has 0 fully saturated rings. The standard InChI is InChI=1S/C11H12N4O3/c12-9(16)5-2-6-15-10-7(11(17)18)3-1-4-8(10)13-14-15/h1,3-4H,2,5-6H2,(H2,12,16)(H,17,18). The smallest absolute Gasteiger partial charge is 0.337 e. The van der Waals surface area contributed by atoms with Gasteiger partial charge in [-0.15, -0.1) is 5.10 Å². The first-order chi connectivity index (χ1) is 8.59. The van der Waals surface area contributed by atoms with E-state index in [1.165, 1.54) is 10.7 Å². The zero-order valence-corrected chi connectivity index (χ0v) is 9.54. The van der Waals surface area contributed by atoms with Crippen LogP contribution in [0, 0.1) is 0 Å². The van der Waals surface area contributed by atoms with Gasteiger partial charge in [0.05, 0.1) is 5.56 Å². The van der Waals surface area contributed by atoms with E-state index in [1.807, 2.05) is 0 Å². The highest BCUT2D eigenvalue weighted by molar-refractivity contribution is 6.00. The Bertz CT molecular complexity index is 605. The van der Waals surface area contributed by atoms with E-state index in [1.54, 1.807) is 12.1 Å². The number of carboxylic acids is 1. The first kappa shape index (κ1) is 12.0. The number of aromatic carboxylic acids is 1. The van der Waals surface area contributed by atoms with Crippen molar-refractivity contribution in [2.45, 2.75) is 19.4 Å². The molecule has 1 aromatic carbocycles. The molecule has 0 aliphatic heterocycles. The van der Waals surface area contributed by atoms with Crippen molar-refractivity contribution < 1.29 is 14.7 Å². The van der Waals surface area contributed by atoms with Gasteiger partial charge in [0.15, 0.2) is 0 Å². The van der Waals surface area contributed by atoms with Gasteiger partial charge in [-0.3, -0.25) is 4.79 Å². The number of aromatic nitrogens is 3. The maximum atomic E-state index is 11.1.